The van der Waals surface area contributed by atoms with Crippen LogP contribution in [0.15, 0.2) is 22.7 Å². The van der Waals surface area contributed by atoms with Crippen LogP contribution in [0, 0.1) is 0 Å². The number of rotatable bonds is 5. The number of nitrogens with two attached hydrogens (primary N) is 1. The average Bonchev–Trinajstić information content (AvgIpc) is 2.17. The quantitative estimate of drug-likeness (QED) is 0.842. The number of hydrogen-bond acceptors (Lipinski definition) is 3. The molecule has 0 unspecified atom stereocenters. The first-order valence-corrected chi connectivity index (χ1v) is 5.27. The SMILES string of the molecule is CNCc1cccc(Br)c1OCC(N)=O. The van der Waals surface area contributed by atoms with E-state index in [1.807, 2.05) is 25.2 Å². The van der Waals surface area contributed by atoms with E-state index in [-0.39, 0.29) is 6.61 Å². The van der Waals surface area contributed by atoms with E-state index in [4.69, 9.17) is 10.5 Å². The highest BCUT2D eigenvalue weighted by Gasteiger charge is 2.08. The highest BCUT2D eigenvalue weighted by Crippen LogP contribution is 2.28. The Labute approximate surface area is 96.9 Å². The Morgan fingerprint density at radius 1 is 1.60 bits per heavy atom. The lowest BCUT2D eigenvalue weighted by molar-refractivity contribution is -0.119. The van der Waals surface area contributed by atoms with E-state index in [0.29, 0.717) is 12.3 Å². The Kier molecular flexibility index (Phi) is 4.58. The van der Waals surface area contributed by atoms with Crippen molar-refractivity contribution >= 4 is 21.8 Å². The Balaban J connectivity index is 2.86. The maximum absolute atomic E-state index is 10.6. The van der Waals surface area contributed by atoms with Crippen LogP contribution < -0.4 is 15.8 Å². The molecule has 3 N–H and O–H groups in total. The minimum Gasteiger partial charge on any atom is -0.482 e. The lowest BCUT2D eigenvalue weighted by Crippen LogP contribution is -2.21. The number of primary amides is 1. The van der Waals surface area contributed by atoms with Gasteiger partial charge in [0, 0.05) is 12.1 Å². The zero-order chi connectivity index (χ0) is 11.3. The molecule has 82 valence electrons. The molecule has 0 aliphatic rings. The molecule has 1 amide bonds. The number of halogens is 1. The molecule has 1 rings (SSSR count). The molecule has 0 atom stereocenters. The molecule has 0 bridgehead atoms. The maximum atomic E-state index is 10.6. The van der Waals surface area contributed by atoms with Crippen molar-refractivity contribution in [2.45, 2.75) is 6.54 Å². The van der Waals surface area contributed by atoms with Gasteiger partial charge in [0.15, 0.2) is 6.61 Å². The summed E-state index contributed by atoms with van der Waals surface area (Å²) in [5.41, 5.74) is 6.00. The van der Waals surface area contributed by atoms with E-state index < -0.39 is 5.91 Å². The van der Waals surface area contributed by atoms with Crippen molar-refractivity contribution in [3.8, 4) is 5.75 Å². The van der Waals surface area contributed by atoms with Crippen molar-refractivity contribution in [1.29, 1.82) is 0 Å². The van der Waals surface area contributed by atoms with Crippen LogP contribution in [0.1, 0.15) is 5.56 Å². The summed E-state index contributed by atoms with van der Waals surface area (Å²) in [6.07, 6.45) is 0. The molecule has 0 aliphatic heterocycles. The van der Waals surface area contributed by atoms with E-state index in [0.717, 1.165) is 10.0 Å². The molecule has 0 heterocycles. The first-order valence-electron chi connectivity index (χ1n) is 4.48. The summed E-state index contributed by atoms with van der Waals surface area (Å²) in [5, 5.41) is 3.02. The van der Waals surface area contributed by atoms with Crippen molar-refractivity contribution in [1.82, 2.24) is 5.32 Å². The van der Waals surface area contributed by atoms with E-state index in [9.17, 15) is 4.79 Å². The smallest absolute Gasteiger partial charge is 0.255 e. The lowest BCUT2D eigenvalue weighted by Gasteiger charge is -2.11. The Morgan fingerprint density at radius 2 is 2.33 bits per heavy atom. The number of benzene rings is 1. The number of carbonyl (C=O) groups is 1. The van der Waals surface area contributed by atoms with Gasteiger partial charge in [-0.05, 0) is 29.0 Å². The molecule has 0 spiro atoms. The van der Waals surface area contributed by atoms with Gasteiger partial charge in [0.1, 0.15) is 5.75 Å². The van der Waals surface area contributed by atoms with Crippen molar-refractivity contribution in [2.75, 3.05) is 13.7 Å². The summed E-state index contributed by atoms with van der Waals surface area (Å²) in [7, 11) is 1.85. The molecule has 0 saturated heterocycles. The second-order valence-electron chi connectivity index (χ2n) is 3.01. The monoisotopic (exact) mass is 272 g/mol. The molecule has 0 aliphatic carbocycles. The number of ether oxygens (including phenoxy) is 1. The summed E-state index contributed by atoms with van der Waals surface area (Å²) in [6.45, 7) is 0.562. The Bertz CT molecular complexity index is 355. The van der Waals surface area contributed by atoms with Crippen LogP contribution in [0.5, 0.6) is 5.75 Å². The summed E-state index contributed by atoms with van der Waals surface area (Å²) in [5.74, 6) is 0.173. The molecule has 5 heteroatoms. The summed E-state index contributed by atoms with van der Waals surface area (Å²) in [6, 6.07) is 5.70. The van der Waals surface area contributed by atoms with Gasteiger partial charge >= 0.3 is 0 Å². The first-order chi connectivity index (χ1) is 7.15. The third kappa shape index (κ3) is 3.53. The molecule has 15 heavy (non-hydrogen) atoms. The topological polar surface area (TPSA) is 64.3 Å². The van der Waals surface area contributed by atoms with Crippen LogP contribution in [-0.2, 0) is 11.3 Å². The Morgan fingerprint density at radius 3 is 2.93 bits per heavy atom. The standard InChI is InChI=1S/C10H13BrN2O2/c1-13-5-7-3-2-4-8(11)10(7)15-6-9(12)14/h2-4,13H,5-6H2,1H3,(H2,12,14). The number of para-hydroxylation sites is 1. The first kappa shape index (κ1) is 12.0. The third-order valence-electron chi connectivity index (χ3n) is 1.77. The molecule has 4 nitrogen and oxygen atoms in total. The minimum absolute atomic E-state index is 0.112. The molecule has 0 fully saturated rings. The fourth-order valence-corrected chi connectivity index (χ4v) is 1.71. The largest absolute Gasteiger partial charge is 0.482 e. The highest BCUT2D eigenvalue weighted by molar-refractivity contribution is 9.10. The van der Waals surface area contributed by atoms with Gasteiger partial charge in [-0.15, -0.1) is 0 Å². The van der Waals surface area contributed by atoms with Crippen LogP contribution in [0.25, 0.3) is 0 Å². The van der Waals surface area contributed by atoms with Crippen LogP contribution in [0.3, 0.4) is 0 Å². The van der Waals surface area contributed by atoms with Gasteiger partial charge in [-0.3, -0.25) is 4.79 Å². The van der Waals surface area contributed by atoms with Crippen LogP contribution >= 0.6 is 15.9 Å². The molecule has 1 aromatic rings. The van der Waals surface area contributed by atoms with Crippen LogP contribution in [0.2, 0.25) is 0 Å². The third-order valence-corrected chi connectivity index (χ3v) is 2.40. The van der Waals surface area contributed by atoms with Gasteiger partial charge in [-0.2, -0.15) is 0 Å². The fraction of sp³-hybridized carbons (Fsp3) is 0.300. The molecular formula is C10H13BrN2O2. The predicted octanol–water partition coefficient (Wildman–Crippen LogP) is 1.03. The van der Waals surface area contributed by atoms with Gasteiger partial charge in [-0.25, -0.2) is 0 Å². The normalized spacial score (nSPS) is 10.0. The van der Waals surface area contributed by atoms with Gasteiger partial charge in [-0.1, -0.05) is 12.1 Å². The van der Waals surface area contributed by atoms with Crippen molar-refractivity contribution in [3.63, 3.8) is 0 Å². The van der Waals surface area contributed by atoms with E-state index in [1.54, 1.807) is 0 Å². The molecule has 0 saturated carbocycles. The summed E-state index contributed by atoms with van der Waals surface area (Å²) < 4.78 is 6.14. The van der Waals surface area contributed by atoms with Crippen LogP contribution in [-0.4, -0.2) is 19.6 Å². The summed E-state index contributed by atoms with van der Waals surface area (Å²) >= 11 is 3.36. The van der Waals surface area contributed by atoms with Gasteiger partial charge in [0.25, 0.3) is 5.91 Å². The van der Waals surface area contributed by atoms with Gasteiger partial charge in [0.2, 0.25) is 0 Å². The number of carbonyl (C=O) groups excluding carboxylic acids is 1. The van der Waals surface area contributed by atoms with Crippen molar-refractivity contribution in [3.05, 3.63) is 28.2 Å². The zero-order valence-corrected chi connectivity index (χ0v) is 10.0. The molecule has 1 aromatic carbocycles. The highest BCUT2D eigenvalue weighted by atomic mass is 79.9. The number of nitrogens with one attached hydrogen (secondary N) is 1. The molecule has 0 radical (unpaired) electrons. The van der Waals surface area contributed by atoms with Gasteiger partial charge in [0.05, 0.1) is 4.47 Å². The average molecular weight is 273 g/mol. The van der Waals surface area contributed by atoms with Gasteiger partial charge < -0.3 is 15.8 Å². The van der Waals surface area contributed by atoms with E-state index in [1.165, 1.54) is 0 Å². The van der Waals surface area contributed by atoms with E-state index in [2.05, 4.69) is 21.2 Å². The van der Waals surface area contributed by atoms with Crippen molar-refractivity contribution in [2.24, 2.45) is 5.73 Å². The minimum atomic E-state index is -0.485. The second kappa shape index (κ2) is 5.72. The predicted molar refractivity (Wildman–Crippen MR) is 61.6 cm³/mol. The number of hydrogen-bond donors (Lipinski definition) is 2. The maximum Gasteiger partial charge on any atom is 0.255 e. The molecular weight excluding hydrogens is 260 g/mol. The lowest BCUT2D eigenvalue weighted by atomic mass is 10.2. The molecule has 0 aromatic heterocycles. The van der Waals surface area contributed by atoms with E-state index >= 15 is 0 Å². The second-order valence-corrected chi connectivity index (χ2v) is 3.87. The van der Waals surface area contributed by atoms with Crippen LogP contribution in [0.4, 0.5) is 0 Å². The Hall–Kier alpha value is -1.07. The fourth-order valence-electron chi connectivity index (χ4n) is 1.19. The summed E-state index contributed by atoms with van der Waals surface area (Å²) in [4.78, 5) is 10.6. The zero-order valence-electron chi connectivity index (χ0n) is 8.42. The van der Waals surface area contributed by atoms with Crippen molar-refractivity contribution < 1.29 is 9.53 Å². The number of amides is 1.